The van der Waals surface area contributed by atoms with Crippen LogP contribution in [0.5, 0.6) is 23.0 Å². The maximum atomic E-state index is 15.0. The Kier molecular flexibility index (Phi) is 13.8. The molecule has 0 heterocycles. The number of carbonyl (C=O) groups is 2. The van der Waals surface area contributed by atoms with Crippen LogP contribution in [0, 0.1) is 5.41 Å². The number of rotatable bonds is 18. The zero-order valence-electron chi connectivity index (χ0n) is 35.4. The van der Waals surface area contributed by atoms with Gasteiger partial charge in [0.25, 0.3) is 0 Å². The number of amides is 2. The summed E-state index contributed by atoms with van der Waals surface area (Å²) in [6.07, 6.45) is 0.295. The lowest BCUT2D eigenvalue weighted by molar-refractivity contribution is -0.144. The smallest absolute Gasteiger partial charge is 0.235 e. The Morgan fingerprint density at radius 3 is 0.951 bits per heavy atom. The third kappa shape index (κ3) is 8.96. The largest absolute Gasteiger partial charge is 0.496 e. The van der Waals surface area contributed by atoms with Crippen molar-refractivity contribution in [2.45, 2.75) is 50.0 Å². The van der Waals surface area contributed by atoms with E-state index in [0.29, 0.717) is 45.3 Å². The Labute approximate surface area is 358 Å². The fourth-order valence-electron chi connectivity index (χ4n) is 7.97. The summed E-state index contributed by atoms with van der Waals surface area (Å²) in [5, 5.41) is 33.0. The molecule has 0 aliphatic rings. The van der Waals surface area contributed by atoms with Gasteiger partial charge >= 0.3 is 0 Å². The van der Waals surface area contributed by atoms with Crippen LogP contribution in [0.4, 0.5) is 0 Å². The van der Waals surface area contributed by atoms with E-state index in [-0.39, 0.29) is 12.8 Å². The number of para-hydroxylation sites is 4. The molecule has 6 aromatic rings. The van der Waals surface area contributed by atoms with E-state index in [9.17, 15) is 10.2 Å². The van der Waals surface area contributed by atoms with Gasteiger partial charge in [0.2, 0.25) is 11.8 Å². The Hall–Kier alpha value is -6.62. The van der Waals surface area contributed by atoms with Gasteiger partial charge in [0.15, 0.2) is 0 Å². The van der Waals surface area contributed by atoms with E-state index < -0.39 is 40.5 Å². The van der Waals surface area contributed by atoms with Crippen LogP contribution >= 0.6 is 0 Å². The topological polar surface area (TPSA) is 136 Å². The molecule has 10 heteroatoms. The van der Waals surface area contributed by atoms with Gasteiger partial charge in [0.1, 0.15) is 39.6 Å². The summed E-state index contributed by atoms with van der Waals surface area (Å²) in [5.41, 5.74) is -2.53. The second-order valence-electron chi connectivity index (χ2n) is 15.4. The third-order valence-electron chi connectivity index (χ3n) is 11.4. The Balaban J connectivity index is 1.47. The highest BCUT2D eigenvalue weighted by Gasteiger charge is 2.50. The van der Waals surface area contributed by atoms with Gasteiger partial charge in [-0.1, -0.05) is 133 Å². The molecule has 2 unspecified atom stereocenters. The molecule has 6 aromatic carbocycles. The minimum Gasteiger partial charge on any atom is -0.496 e. The molecule has 2 atom stereocenters. The minimum absolute atomic E-state index is 0.148. The fraction of sp³-hybridized carbons (Fsp3) is 0.255. The van der Waals surface area contributed by atoms with Gasteiger partial charge in [0, 0.05) is 22.3 Å². The van der Waals surface area contributed by atoms with Crippen LogP contribution in [0.3, 0.4) is 0 Å². The van der Waals surface area contributed by atoms with Crippen LogP contribution in [0.2, 0.25) is 0 Å². The first kappa shape index (κ1) is 43.9. The predicted molar refractivity (Wildman–Crippen MR) is 236 cm³/mol. The fourth-order valence-corrected chi connectivity index (χ4v) is 7.97. The summed E-state index contributed by atoms with van der Waals surface area (Å²) in [7, 11) is 6.07. The molecule has 0 spiro atoms. The Morgan fingerprint density at radius 1 is 0.443 bits per heavy atom. The highest BCUT2D eigenvalue weighted by molar-refractivity contribution is 6.04. The van der Waals surface area contributed by atoms with Crippen LogP contribution < -0.4 is 29.6 Å². The molecular formula is C51H54N2O8. The van der Waals surface area contributed by atoms with Crippen LogP contribution in [-0.2, 0) is 33.6 Å². The van der Waals surface area contributed by atoms with Crippen molar-refractivity contribution < 1.29 is 38.7 Å². The quantitative estimate of drug-likeness (QED) is 0.0661. The zero-order chi connectivity index (χ0) is 43.6. The number of methoxy groups -OCH3 is 4. The lowest BCUT2D eigenvalue weighted by Crippen LogP contribution is -2.60. The molecule has 4 N–H and O–H groups in total. The van der Waals surface area contributed by atoms with E-state index in [2.05, 4.69) is 10.6 Å². The number of hydrogen-bond donors (Lipinski definition) is 4. The van der Waals surface area contributed by atoms with E-state index >= 15 is 9.59 Å². The lowest BCUT2D eigenvalue weighted by atomic mass is 9.75. The summed E-state index contributed by atoms with van der Waals surface area (Å²) in [6, 6.07) is 45.1. The van der Waals surface area contributed by atoms with Crippen molar-refractivity contribution in [3.05, 3.63) is 191 Å². The third-order valence-corrected chi connectivity index (χ3v) is 11.4. The molecular weight excluding hydrogens is 769 g/mol. The first-order chi connectivity index (χ1) is 29.4. The second-order valence-corrected chi connectivity index (χ2v) is 15.4. The van der Waals surface area contributed by atoms with Crippen molar-refractivity contribution in [1.82, 2.24) is 10.6 Å². The van der Waals surface area contributed by atoms with Gasteiger partial charge in [-0.25, -0.2) is 0 Å². The van der Waals surface area contributed by atoms with Crippen molar-refractivity contribution in [1.29, 1.82) is 0 Å². The van der Waals surface area contributed by atoms with Crippen molar-refractivity contribution >= 4 is 11.8 Å². The average molecular weight is 823 g/mol. The van der Waals surface area contributed by atoms with Crippen LogP contribution in [0.1, 0.15) is 47.2 Å². The lowest BCUT2D eigenvalue weighted by Gasteiger charge is -2.41. The van der Waals surface area contributed by atoms with Gasteiger partial charge in [-0.3, -0.25) is 9.59 Å². The standard InChI is InChI=1S/C51H54N2O8/c1-49(2,47(54)52-45(33-35-21-9-7-10-22-35)50(56,37-25-13-17-29-41(37)58-3)38-26-14-18-30-42(38)59-4)48(55)53-46(34-36-23-11-8-12-24-36)51(57,39-27-15-19-31-43(39)60-5)40-28-16-20-32-44(40)61-6/h7-32,45-46,56-57H,33-34H2,1-6H3,(H,52,54)(H,53,55). The van der Waals surface area contributed by atoms with E-state index in [1.165, 1.54) is 42.3 Å². The minimum atomic E-state index is -1.96. The maximum Gasteiger partial charge on any atom is 0.235 e. The van der Waals surface area contributed by atoms with Gasteiger partial charge < -0.3 is 39.8 Å². The summed E-state index contributed by atoms with van der Waals surface area (Å²) in [6.45, 7) is 3.04. The molecule has 0 aromatic heterocycles. The molecule has 0 radical (unpaired) electrons. The van der Waals surface area contributed by atoms with E-state index in [1.807, 2.05) is 60.7 Å². The van der Waals surface area contributed by atoms with Gasteiger partial charge in [-0.2, -0.15) is 0 Å². The van der Waals surface area contributed by atoms with Gasteiger partial charge in [-0.05, 0) is 62.1 Å². The predicted octanol–water partition coefficient (Wildman–Crippen LogP) is 7.37. The normalized spacial score (nSPS) is 12.7. The number of ether oxygens (including phenoxy) is 4. The molecule has 0 fully saturated rings. The van der Waals surface area contributed by atoms with E-state index in [1.54, 1.807) is 97.1 Å². The summed E-state index contributed by atoms with van der Waals surface area (Å²) >= 11 is 0. The Morgan fingerprint density at radius 2 is 0.689 bits per heavy atom. The molecule has 0 aliphatic carbocycles. The number of nitrogens with one attached hydrogen (secondary N) is 2. The highest BCUT2D eigenvalue weighted by atomic mass is 16.5. The number of hydrogen-bond acceptors (Lipinski definition) is 8. The van der Waals surface area contributed by atoms with Crippen molar-refractivity contribution in [3.63, 3.8) is 0 Å². The molecule has 316 valence electrons. The number of benzene rings is 6. The maximum absolute atomic E-state index is 15.0. The number of carbonyl (C=O) groups excluding carboxylic acids is 2. The highest BCUT2D eigenvalue weighted by Crippen LogP contribution is 2.45. The van der Waals surface area contributed by atoms with E-state index in [0.717, 1.165) is 11.1 Å². The molecule has 0 aliphatic heterocycles. The zero-order valence-corrected chi connectivity index (χ0v) is 35.4. The average Bonchev–Trinajstić information content (AvgIpc) is 3.31. The SMILES string of the molecule is COc1ccccc1C(O)(c1ccccc1OC)C(Cc1ccccc1)NC(=O)C(C)(C)C(=O)NC(Cc1ccccc1)C(O)(c1ccccc1OC)c1ccccc1OC. The van der Waals surface area contributed by atoms with Crippen molar-refractivity contribution in [2.75, 3.05) is 28.4 Å². The van der Waals surface area contributed by atoms with Crippen molar-refractivity contribution in [2.24, 2.45) is 5.41 Å². The first-order valence-electron chi connectivity index (χ1n) is 20.1. The summed E-state index contributed by atoms with van der Waals surface area (Å²) in [4.78, 5) is 30.0. The van der Waals surface area contributed by atoms with Crippen LogP contribution in [0.25, 0.3) is 0 Å². The Bertz CT molecular complexity index is 2140. The molecule has 2 amide bonds. The van der Waals surface area contributed by atoms with Crippen LogP contribution in [0.15, 0.2) is 158 Å². The first-order valence-corrected chi connectivity index (χ1v) is 20.1. The molecule has 6 rings (SSSR count). The molecule has 0 saturated heterocycles. The van der Waals surface area contributed by atoms with Crippen LogP contribution in [-0.4, -0.2) is 62.6 Å². The summed E-state index contributed by atoms with van der Waals surface area (Å²) < 4.78 is 23.2. The van der Waals surface area contributed by atoms with Gasteiger partial charge in [0.05, 0.1) is 40.5 Å². The van der Waals surface area contributed by atoms with Crippen molar-refractivity contribution in [3.8, 4) is 23.0 Å². The molecule has 0 saturated carbocycles. The molecule has 0 bridgehead atoms. The molecule has 61 heavy (non-hydrogen) atoms. The van der Waals surface area contributed by atoms with E-state index in [4.69, 9.17) is 18.9 Å². The number of aliphatic hydroxyl groups is 2. The summed E-state index contributed by atoms with van der Waals surface area (Å²) in [5.74, 6) is 0.190. The monoisotopic (exact) mass is 822 g/mol. The second kappa shape index (κ2) is 19.2. The molecule has 10 nitrogen and oxygen atoms in total. The van der Waals surface area contributed by atoms with Gasteiger partial charge in [-0.15, -0.1) is 0 Å².